The van der Waals surface area contributed by atoms with Gasteiger partial charge < -0.3 is 151 Å². The lowest BCUT2D eigenvalue weighted by Gasteiger charge is -2.45. The smallest absolute Gasteiger partial charge is 0.157 e. The fraction of sp³-hybridized carbons (Fsp3) is 0.200. The number of hydrogen-bond acceptors (Lipinski definition) is 30. The first-order valence-electron chi connectivity index (χ1n) is 32.1. The first-order valence-corrected chi connectivity index (χ1v) is 32.1. The predicted molar refractivity (Wildman–Crippen MR) is 356 cm³/mol. The van der Waals surface area contributed by atoms with E-state index >= 15 is 0 Å². The average molecular weight is 1440 g/mol. The van der Waals surface area contributed by atoms with Gasteiger partial charge in [-0.25, -0.2) is 0 Å². The molecule has 0 unspecified atom stereocenters. The highest BCUT2D eigenvalue weighted by Gasteiger charge is 2.55. The van der Waals surface area contributed by atoms with Crippen molar-refractivity contribution in [3.8, 4) is 144 Å². The molecule has 25 N–H and O–H groups in total. The van der Waals surface area contributed by atoms with Gasteiger partial charge in [-0.2, -0.15) is 0 Å². The zero-order valence-corrected chi connectivity index (χ0v) is 53.6. The first-order chi connectivity index (χ1) is 49.9. The molecule has 30 nitrogen and oxygen atoms in total. The second-order valence-electron chi connectivity index (χ2n) is 26.3. The molecule has 0 saturated carbocycles. The molecule has 5 heterocycles. The summed E-state index contributed by atoms with van der Waals surface area (Å²) < 4.78 is 32.4. The van der Waals surface area contributed by atoms with Crippen LogP contribution in [0.25, 0.3) is 0 Å². The summed E-state index contributed by atoms with van der Waals surface area (Å²) in [6.45, 7) is 0. The molecule has 0 aliphatic carbocycles. The predicted octanol–water partition coefficient (Wildman–Crippen LogP) is 7.34. The Kier molecular flexibility index (Phi) is 15.9. The van der Waals surface area contributed by atoms with Crippen molar-refractivity contribution in [2.24, 2.45) is 0 Å². The summed E-state index contributed by atoms with van der Waals surface area (Å²) >= 11 is 0. The molecule has 0 amide bonds. The molecule has 542 valence electrons. The lowest BCUT2D eigenvalue weighted by Crippen LogP contribution is -2.40. The number of hydrogen-bond donors (Lipinski definition) is 25. The van der Waals surface area contributed by atoms with E-state index in [9.17, 15) is 128 Å². The number of fused-ring (bicyclic) bond motifs is 5. The summed E-state index contributed by atoms with van der Waals surface area (Å²) in [5, 5.41) is 294. The minimum absolute atomic E-state index is 0.0507. The van der Waals surface area contributed by atoms with E-state index < -0.39 is 262 Å². The van der Waals surface area contributed by atoms with E-state index in [1.54, 1.807) is 0 Å². The maximum absolute atomic E-state index is 13.4. The van der Waals surface area contributed by atoms with Crippen molar-refractivity contribution in [2.75, 3.05) is 0 Å². The third kappa shape index (κ3) is 10.7. The molecule has 10 aromatic rings. The van der Waals surface area contributed by atoms with Gasteiger partial charge in [0.1, 0.15) is 117 Å². The molecule has 5 aliphatic rings. The summed E-state index contributed by atoms with van der Waals surface area (Å²) in [6, 6.07) is 21.0. The highest BCUT2D eigenvalue weighted by Crippen LogP contribution is 2.67. The van der Waals surface area contributed by atoms with Gasteiger partial charge >= 0.3 is 0 Å². The minimum Gasteiger partial charge on any atom is -0.508 e. The largest absolute Gasteiger partial charge is 0.508 e. The van der Waals surface area contributed by atoms with Gasteiger partial charge in [-0.3, -0.25) is 0 Å². The third-order valence-corrected chi connectivity index (χ3v) is 20.2. The fourth-order valence-electron chi connectivity index (χ4n) is 15.4. The van der Waals surface area contributed by atoms with Crippen molar-refractivity contribution >= 4 is 0 Å². The van der Waals surface area contributed by atoms with Crippen LogP contribution in [0.1, 0.15) is 132 Å². The molecule has 10 aromatic carbocycles. The van der Waals surface area contributed by atoms with E-state index in [1.807, 2.05) is 0 Å². The van der Waals surface area contributed by atoms with Gasteiger partial charge in [0.25, 0.3) is 0 Å². The molecule has 0 radical (unpaired) electrons. The highest BCUT2D eigenvalue weighted by molar-refractivity contribution is 5.75. The fourth-order valence-corrected chi connectivity index (χ4v) is 15.4. The number of rotatable bonds is 9. The zero-order valence-electron chi connectivity index (χ0n) is 53.6. The Bertz CT molecular complexity index is 5270. The average Bonchev–Trinajstić information content (AvgIpc) is 0.709. The maximum Gasteiger partial charge on any atom is 0.157 e. The number of phenols is 20. The Balaban J connectivity index is 0.984. The molecule has 15 rings (SSSR count). The number of ether oxygens (including phenoxy) is 5. The van der Waals surface area contributed by atoms with Crippen molar-refractivity contribution < 1.29 is 151 Å². The highest BCUT2D eigenvalue weighted by atomic mass is 16.5. The lowest BCUT2D eigenvalue weighted by atomic mass is 9.71. The first kappa shape index (κ1) is 67.8. The van der Waals surface area contributed by atoms with E-state index in [0.29, 0.717) is 18.2 Å². The van der Waals surface area contributed by atoms with Gasteiger partial charge in [0.2, 0.25) is 0 Å². The molecule has 14 atom stereocenters. The van der Waals surface area contributed by atoms with Crippen LogP contribution in [0, 0.1) is 0 Å². The van der Waals surface area contributed by atoms with Crippen LogP contribution in [0.4, 0.5) is 0 Å². The second kappa shape index (κ2) is 24.6. The van der Waals surface area contributed by atoms with E-state index in [2.05, 4.69) is 0 Å². The summed E-state index contributed by atoms with van der Waals surface area (Å²) in [4.78, 5) is 0. The van der Waals surface area contributed by atoms with Crippen LogP contribution in [0.2, 0.25) is 0 Å². The Hall–Kier alpha value is -13.0. The van der Waals surface area contributed by atoms with Crippen LogP contribution in [-0.2, 0) is 6.42 Å². The van der Waals surface area contributed by atoms with Gasteiger partial charge in [-0.1, -0.05) is 30.3 Å². The Morgan fingerprint density at radius 3 is 0.819 bits per heavy atom. The van der Waals surface area contributed by atoms with Crippen molar-refractivity contribution in [3.05, 3.63) is 205 Å². The Morgan fingerprint density at radius 1 is 0.229 bits per heavy atom. The molecular weight excluding hydrogens is 1380 g/mol. The quantitative estimate of drug-likeness (QED) is 0.0628. The monoisotopic (exact) mass is 1440 g/mol. The topological polar surface area (TPSA) is 552 Å². The van der Waals surface area contributed by atoms with Gasteiger partial charge in [0.15, 0.2) is 81.9 Å². The SMILES string of the molecule is Oc1cc(O)c2c(c1)O[C@H](c1ccc(O)c(O)c1)[C@H](O)[C@H]2c1c(O)cc(O)c2c1O[C@H](c1ccc(O)c(O)c1)[C@H](O)[C@H]2c1c(O)cc(O)c2c1O[C@H](c1ccc(O)c(O)c1)[C@H](O)[C@H]2c1c(O)cc(O)c2c1O[C@H](c1ccc(O)c(O)c1)[C@H](O)[C@H]2c1c(O)cc2c(c1O)C[C@H](O)[C@@H](c1ccc(O)c(O)c1)O2. The number of aliphatic hydroxyl groups excluding tert-OH is 5. The van der Waals surface area contributed by atoms with E-state index in [-0.39, 0.29) is 50.4 Å². The standard InChI is InChI=1S/C75H62O30/c76-28-16-40(87)51-50(17-28)102-69(24-2-7-31(78)36(83)12-24)64(97)59(51)53-41(88)19-43(90)55-61(66(99)71(104-73(53)55)26-4-9-33(80)38(85)14-26)57-45(92)21-46(93)58-62(67(100)72(105-75(57)58)27-5-10-34(81)39(86)15-27)56-44(91)20-42(89)54-60(65(98)70(103-74(54)56)25-3-8-32(79)37(84)13-25)52-47(94)22-49-29(63(52)96)18-48(95)68(101-49)23-1-6-30(77)35(82)11-23/h1-17,19-22,48,59-62,64-72,76-100H,18H2/t48-,59+,60-,61+,62-,64+,65+,66+,67+,68+,69+,70+,71+,72+/m0/s1. The number of aromatic hydroxyl groups is 20. The lowest BCUT2D eigenvalue weighted by molar-refractivity contribution is -0.00964. The molecule has 0 fully saturated rings. The van der Waals surface area contributed by atoms with Crippen LogP contribution >= 0.6 is 0 Å². The molecule has 0 spiro atoms. The summed E-state index contributed by atoms with van der Waals surface area (Å²) in [6.07, 6.45) is -19.7. The Morgan fingerprint density at radius 2 is 0.495 bits per heavy atom. The molecular formula is C75H62O30. The third-order valence-electron chi connectivity index (χ3n) is 20.2. The Labute approximate surface area is 589 Å². The summed E-state index contributed by atoms with van der Waals surface area (Å²) in [5.41, 5.74) is -5.72. The minimum atomic E-state index is -2.30. The second-order valence-corrected chi connectivity index (χ2v) is 26.3. The molecule has 105 heavy (non-hydrogen) atoms. The van der Waals surface area contributed by atoms with Gasteiger partial charge in [-0.15, -0.1) is 0 Å². The van der Waals surface area contributed by atoms with Crippen molar-refractivity contribution in [1.29, 1.82) is 0 Å². The van der Waals surface area contributed by atoms with Crippen LogP contribution < -0.4 is 23.7 Å². The van der Waals surface area contributed by atoms with Crippen molar-refractivity contribution in [2.45, 2.75) is 91.1 Å². The van der Waals surface area contributed by atoms with Crippen molar-refractivity contribution in [1.82, 2.24) is 0 Å². The van der Waals surface area contributed by atoms with Gasteiger partial charge in [0.05, 0.1) is 29.8 Å². The van der Waals surface area contributed by atoms with E-state index in [1.165, 1.54) is 12.1 Å². The van der Waals surface area contributed by atoms with Gasteiger partial charge in [0, 0.05) is 92.9 Å². The summed E-state index contributed by atoms with van der Waals surface area (Å²) in [5.74, 6) is -27.2. The molecule has 0 bridgehead atoms. The molecule has 5 aliphatic heterocycles. The van der Waals surface area contributed by atoms with Crippen LogP contribution in [0.15, 0.2) is 127 Å². The zero-order chi connectivity index (χ0) is 74.7. The molecule has 0 saturated heterocycles. The van der Waals surface area contributed by atoms with Crippen LogP contribution in [0.5, 0.6) is 144 Å². The van der Waals surface area contributed by atoms with Crippen LogP contribution in [0.3, 0.4) is 0 Å². The molecule has 0 aromatic heterocycles. The van der Waals surface area contributed by atoms with Crippen molar-refractivity contribution in [3.63, 3.8) is 0 Å². The summed E-state index contributed by atoms with van der Waals surface area (Å²) in [7, 11) is 0. The van der Waals surface area contributed by atoms with Crippen LogP contribution in [-0.4, -0.2) is 158 Å². The molecule has 30 heteroatoms. The number of aliphatic hydroxyl groups is 5. The normalized spacial score (nSPS) is 24.2. The van der Waals surface area contributed by atoms with E-state index in [0.717, 1.165) is 97.1 Å². The van der Waals surface area contributed by atoms with E-state index in [4.69, 9.17) is 23.7 Å². The number of phenolic OH excluding ortho intramolecular Hbond substituents is 20. The maximum atomic E-state index is 13.4. The van der Waals surface area contributed by atoms with Gasteiger partial charge in [-0.05, 0) is 88.5 Å². The number of benzene rings is 10.